The highest BCUT2D eigenvalue weighted by atomic mass is 28.3. The smallest absolute Gasteiger partial charge is 0.0443 e. The van der Waals surface area contributed by atoms with E-state index in [9.17, 15) is 0 Å². The monoisotopic (exact) mass is 202 g/mol. The first-order valence-corrected chi connectivity index (χ1v) is 8.98. The number of hydrogen-bond acceptors (Lipinski definition) is 2. The highest BCUT2D eigenvalue weighted by Gasteiger charge is 2.11. The fourth-order valence-electron chi connectivity index (χ4n) is 1.17. The van der Waals surface area contributed by atoms with Crippen molar-refractivity contribution in [3.63, 3.8) is 0 Å². The third kappa shape index (κ3) is 12.1. The predicted octanol–water partition coefficient (Wildman–Crippen LogP) is 1.87. The minimum atomic E-state index is -0.790. The maximum atomic E-state index is 3.47. The summed E-state index contributed by atoms with van der Waals surface area (Å²) in [5.41, 5.74) is 0. The Morgan fingerprint density at radius 2 is 1.69 bits per heavy atom. The second-order valence-corrected chi connectivity index (χ2v) is 10.8. The fourth-order valence-corrected chi connectivity index (χ4v) is 2.41. The largest absolute Gasteiger partial charge is 0.315 e. The first-order chi connectivity index (χ1) is 5.92. The van der Waals surface area contributed by atoms with Crippen LogP contribution in [-0.4, -0.2) is 46.7 Å². The first kappa shape index (κ1) is 13.1. The molecular weight excluding hydrogens is 176 g/mol. The van der Waals surface area contributed by atoms with Gasteiger partial charge in [0.1, 0.15) is 0 Å². The Morgan fingerprint density at radius 1 is 1.08 bits per heavy atom. The minimum Gasteiger partial charge on any atom is -0.315 e. The summed E-state index contributed by atoms with van der Waals surface area (Å²) >= 11 is 0. The number of nitrogens with zero attached hydrogens (tertiary/aromatic N) is 1. The van der Waals surface area contributed by atoms with Crippen LogP contribution in [0.25, 0.3) is 0 Å². The van der Waals surface area contributed by atoms with Gasteiger partial charge in [-0.3, -0.25) is 0 Å². The molecule has 0 saturated heterocycles. The van der Waals surface area contributed by atoms with E-state index in [4.69, 9.17) is 0 Å². The van der Waals surface area contributed by atoms with Gasteiger partial charge in [0.2, 0.25) is 0 Å². The van der Waals surface area contributed by atoms with Crippen LogP contribution in [0.15, 0.2) is 0 Å². The van der Waals surface area contributed by atoms with Crippen molar-refractivity contribution in [3.8, 4) is 0 Å². The van der Waals surface area contributed by atoms with E-state index in [1.54, 1.807) is 0 Å². The van der Waals surface area contributed by atoms with E-state index in [0.29, 0.717) is 0 Å². The lowest BCUT2D eigenvalue weighted by Gasteiger charge is -2.16. The van der Waals surface area contributed by atoms with Crippen molar-refractivity contribution in [2.75, 3.05) is 33.7 Å². The molecular formula is C10H26N2Si. The molecule has 80 valence electrons. The Labute approximate surface area is 84.7 Å². The summed E-state index contributed by atoms with van der Waals surface area (Å²) in [7, 11) is 3.44. The first-order valence-electron chi connectivity index (χ1n) is 5.27. The van der Waals surface area contributed by atoms with E-state index in [-0.39, 0.29) is 0 Å². The van der Waals surface area contributed by atoms with Crippen LogP contribution in [-0.2, 0) is 0 Å². The summed E-state index contributed by atoms with van der Waals surface area (Å²) in [6, 6.07) is 1.45. The van der Waals surface area contributed by atoms with Crippen LogP contribution < -0.4 is 5.32 Å². The highest BCUT2D eigenvalue weighted by Crippen LogP contribution is 2.09. The van der Waals surface area contributed by atoms with Crippen LogP contribution in [0.3, 0.4) is 0 Å². The van der Waals surface area contributed by atoms with E-state index >= 15 is 0 Å². The molecule has 0 aromatic heterocycles. The van der Waals surface area contributed by atoms with Crippen molar-refractivity contribution in [1.29, 1.82) is 0 Å². The van der Waals surface area contributed by atoms with E-state index in [0.717, 1.165) is 13.1 Å². The Hall–Kier alpha value is 0.137. The predicted molar refractivity (Wildman–Crippen MR) is 64.2 cm³/mol. The van der Waals surface area contributed by atoms with E-state index in [1.165, 1.54) is 19.0 Å². The molecule has 0 saturated carbocycles. The van der Waals surface area contributed by atoms with Gasteiger partial charge in [-0.1, -0.05) is 25.7 Å². The topological polar surface area (TPSA) is 15.3 Å². The molecule has 0 atom stereocenters. The maximum absolute atomic E-state index is 3.47. The Morgan fingerprint density at radius 3 is 2.15 bits per heavy atom. The van der Waals surface area contributed by atoms with Crippen molar-refractivity contribution in [2.45, 2.75) is 32.1 Å². The standard InChI is InChI=1S/C10H26N2Si/c1-12(2)9-8-11-7-6-10-13(3,4)5/h11H,6-10H2,1-5H3. The van der Waals surface area contributed by atoms with Gasteiger partial charge in [0.25, 0.3) is 0 Å². The third-order valence-corrected chi connectivity index (χ3v) is 3.87. The van der Waals surface area contributed by atoms with Gasteiger partial charge in [0, 0.05) is 21.2 Å². The Kier molecular flexibility index (Phi) is 6.64. The number of likely N-dealkylation sites (N-methyl/N-ethyl adjacent to an activating group) is 1. The van der Waals surface area contributed by atoms with Crippen LogP contribution in [0.4, 0.5) is 0 Å². The van der Waals surface area contributed by atoms with Crippen LogP contribution in [0.2, 0.25) is 25.7 Å². The lowest BCUT2D eigenvalue weighted by Crippen LogP contribution is -2.28. The number of nitrogens with one attached hydrogen (secondary N) is 1. The zero-order valence-electron chi connectivity index (χ0n) is 9.98. The van der Waals surface area contributed by atoms with E-state index < -0.39 is 8.07 Å². The molecule has 0 amide bonds. The second-order valence-electron chi connectivity index (χ2n) is 5.22. The van der Waals surface area contributed by atoms with Gasteiger partial charge in [-0.25, -0.2) is 0 Å². The molecule has 0 rings (SSSR count). The van der Waals surface area contributed by atoms with Gasteiger partial charge < -0.3 is 10.2 Å². The number of rotatable bonds is 7. The summed E-state index contributed by atoms with van der Waals surface area (Å²) in [6.45, 7) is 10.8. The summed E-state index contributed by atoms with van der Waals surface area (Å²) < 4.78 is 0. The summed E-state index contributed by atoms with van der Waals surface area (Å²) in [4.78, 5) is 2.21. The molecule has 0 heterocycles. The molecule has 0 aromatic carbocycles. The Bertz CT molecular complexity index is 119. The molecule has 0 aliphatic heterocycles. The van der Waals surface area contributed by atoms with Gasteiger partial charge in [-0.15, -0.1) is 0 Å². The molecule has 1 N–H and O–H groups in total. The van der Waals surface area contributed by atoms with Crippen LogP contribution >= 0.6 is 0 Å². The minimum absolute atomic E-state index is 0.790. The van der Waals surface area contributed by atoms with Gasteiger partial charge >= 0.3 is 0 Å². The molecule has 0 fully saturated rings. The van der Waals surface area contributed by atoms with Gasteiger partial charge in [-0.2, -0.15) is 0 Å². The van der Waals surface area contributed by atoms with Crippen LogP contribution in [0.5, 0.6) is 0 Å². The van der Waals surface area contributed by atoms with Crippen molar-refractivity contribution in [1.82, 2.24) is 10.2 Å². The Balaban J connectivity index is 3.09. The summed E-state index contributed by atoms with van der Waals surface area (Å²) in [5, 5.41) is 3.47. The SMILES string of the molecule is CN(C)CCNCCC[Si](C)(C)C. The van der Waals surface area contributed by atoms with Crippen molar-refractivity contribution < 1.29 is 0 Å². The highest BCUT2D eigenvalue weighted by molar-refractivity contribution is 6.76. The molecule has 0 aliphatic carbocycles. The molecule has 13 heavy (non-hydrogen) atoms. The van der Waals surface area contributed by atoms with Crippen molar-refractivity contribution in [2.24, 2.45) is 0 Å². The zero-order valence-corrected chi connectivity index (χ0v) is 11.0. The molecule has 0 bridgehead atoms. The molecule has 2 nitrogen and oxygen atoms in total. The normalized spacial score (nSPS) is 12.5. The summed E-state index contributed by atoms with van der Waals surface area (Å²) in [6.07, 6.45) is 1.35. The molecule has 0 unspecified atom stereocenters. The molecule has 3 heteroatoms. The average Bonchev–Trinajstić information content (AvgIpc) is 1.93. The maximum Gasteiger partial charge on any atom is 0.0443 e. The van der Waals surface area contributed by atoms with Crippen molar-refractivity contribution >= 4 is 8.07 Å². The summed E-state index contributed by atoms with van der Waals surface area (Å²) in [5.74, 6) is 0. The number of hydrogen-bond donors (Lipinski definition) is 1. The third-order valence-electron chi connectivity index (χ3n) is 2.02. The average molecular weight is 202 g/mol. The van der Waals surface area contributed by atoms with E-state index in [1.807, 2.05) is 0 Å². The molecule has 0 spiro atoms. The van der Waals surface area contributed by atoms with E-state index in [2.05, 4.69) is 44.0 Å². The zero-order chi connectivity index (χ0) is 10.3. The lowest BCUT2D eigenvalue weighted by atomic mass is 10.4. The van der Waals surface area contributed by atoms with Gasteiger partial charge in [0.15, 0.2) is 0 Å². The van der Waals surface area contributed by atoms with Gasteiger partial charge in [0.05, 0.1) is 0 Å². The molecule has 0 aliphatic rings. The van der Waals surface area contributed by atoms with Crippen molar-refractivity contribution in [3.05, 3.63) is 0 Å². The lowest BCUT2D eigenvalue weighted by molar-refractivity contribution is 0.400. The second kappa shape index (κ2) is 6.57. The quantitative estimate of drug-likeness (QED) is 0.501. The molecule has 0 aromatic rings. The fraction of sp³-hybridized carbons (Fsp3) is 1.00. The molecule has 0 radical (unpaired) electrons. The van der Waals surface area contributed by atoms with Crippen LogP contribution in [0, 0.1) is 0 Å². The van der Waals surface area contributed by atoms with Gasteiger partial charge in [-0.05, 0) is 27.1 Å². The van der Waals surface area contributed by atoms with Crippen LogP contribution in [0.1, 0.15) is 6.42 Å².